The van der Waals surface area contributed by atoms with Gasteiger partial charge in [-0.2, -0.15) is 0 Å². The molecule has 1 N–H and O–H groups in total. The summed E-state index contributed by atoms with van der Waals surface area (Å²) >= 11 is 5.78. The summed E-state index contributed by atoms with van der Waals surface area (Å²) in [6.45, 7) is 4.31. The molecule has 1 aromatic heterocycles. The van der Waals surface area contributed by atoms with E-state index in [-0.39, 0.29) is 10.8 Å². The maximum Gasteiger partial charge on any atom is 0.354 e. The molecular weight excluding hydrogens is 292 g/mol. The van der Waals surface area contributed by atoms with Crippen molar-refractivity contribution in [3.8, 4) is 5.75 Å². The standard InChI is InChI=1S/C15H15ClN2O3/c1-9-3-4-10(2)12(7-9)21-6-5-14-17-11(15(19)20)8-13(16)18-14/h3-4,7-8H,5-6H2,1-2H3,(H,19,20). The molecule has 0 unspecified atom stereocenters. The highest BCUT2D eigenvalue weighted by atomic mass is 35.5. The highest BCUT2D eigenvalue weighted by molar-refractivity contribution is 6.29. The van der Waals surface area contributed by atoms with E-state index in [1.807, 2.05) is 32.0 Å². The Labute approximate surface area is 127 Å². The maximum absolute atomic E-state index is 10.9. The summed E-state index contributed by atoms with van der Waals surface area (Å²) in [6.07, 6.45) is 0.383. The van der Waals surface area contributed by atoms with E-state index in [2.05, 4.69) is 9.97 Å². The maximum atomic E-state index is 10.9. The number of nitrogens with zero attached hydrogens (tertiary/aromatic N) is 2. The summed E-state index contributed by atoms with van der Waals surface area (Å²) in [7, 11) is 0. The lowest BCUT2D eigenvalue weighted by atomic mass is 10.1. The molecule has 0 amide bonds. The van der Waals surface area contributed by atoms with Crippen molar-refractivity contribution in [2.24, 2.45) is 0 Å². The van der Waals surface area contributed by atoms with Gasteiger partial charge in [0.15, 0.2) is 5.69 Å². The van der Waals surface area contributed by atoms with Crippen molar-refractivity contribution in [1.82, 2.24) is 9.97 Å². The van der Waals surface area contributed by atoms with Crippen LogP contribution in [0.1, 0.15) is 27.4 Å². The molecule has 0 spiro atoms. The molecule has 1 heterocycles. The number of hydrogen-bond donors (Lipinski definition) is 1. The van der Waals surface area contributed by atoms with Gasteiger partial charge in [0.05, 0.1) is 6.61 Å². The molecule has 0 aliphatic carbocycles. The topological polar surface area (TPSA) is 72.3 Å². The monoisotopic (exact) mass is 306 g/mol. The Morgan fingerprint density at radius 2 is 2.05 bits per heavy atom. The van der Waals surface area contributed by atoms with Gasteiger partial charge in [0.25, 0.3) is 0 Å². The molecule has 0 saturated heterocycles. The van der Waals surface area contributed by atoms with Gasteiger partial charge in [-0.1, -0.05) is 23.7 Å². The van der Waals surface area contributed by atoms with Crippen LogP contribution in [0.5, 0.6) is 5.75 Å². The highest BCUT2D eigenvalue weighted by Crippen LogP contribution is 2.19. The number of aromatic carboxylic acids is 1. The van der Waals surface area contributed by atoms with Crippen molar-refractivity contribution in [1.29, 1.82) is 0 Å². The second-order valence-electron chi connectivity index (χ2n) is 4.66. The van der Waals surface area contributed by atoms with Gasteiger partial charge in [-0.3, -0.25) is 0 Å². The Hall–Kier alpha value is -2.14. The summed E-state index contributed by atoms with van der Waals surface area (Å²) in [5.41, 5.74) is 2.04. The minimum Gasteiger partial charge on any atom is -0.493 e. The van der Waals surface area contributed by atoms with Crippen LogP contribution < -0.4 is 4.74 Å². The Bertz CT molecular complexity index is 674. The van der Waals surface area contributed by atoms with Crippen LogP contribution in [0.2, 0.25) is 5.15 Å². The lowest BCUT2D eigenvalue weighted by Gasteiger charge is -2.09. The van der Waals surface area contributed by atoms with Crippen LogP contribution in [0.15, 0.2) is 24.3 Å². The summed E-state index contributed by atoms with van der Waals surface area (Å²) in [4.78, 5) is 18.8. The zero-order valence-corrected chi connectivity index (χ0v) is 12.5. The van der Waals surface area contributed by atoms with E-state index >= 15 is 0 Å². The second-order valence-corrected chi connectivity index (χ2v) is 5.05. The number of hydrogen-bond acceptors (Lipinski definition) is 4. The van der Waals surface area contributed by atoms with Gasteiger partial charge < -0.3 is 9.84 Å². The molecule has 21 heavy (non-hydrogen) atoms. The molecule has 110 valence electrons. The predicted molar refractivity (Wildman–Crippen MR) is 79.1 cm³/mol. The number of halogens is 1. The fraction of sp³-hybridized carbons (Fsp3) is 0.267. The number of ether oxygens (including phenoxy) is 1. The van der Waals surface area contributed by atoms with E-state index in [1.165, 1.54) is 6.07 Å². The molecule has 0 aliphatic heterocycles. The molecule has 0 radical (unpaired) electrons. The van der Waals surface area contributed by atoms with Crippen molar-refractivity contribution in [3.63, 3.8) is 0 Å². The number of aromatic nitrogens is 2. The Morgan fingerprint density at radius 1 is 1.29 bits per heavy atom. The first-order valence-corrected chi connectivity index (χ1v) is 6.80. The van der Waals surface area contributed by atoms with Crippen LogP contribution in [0.3, 0.4) is 0 Å². The lowest BCUT2D eigenvalue weighted by Crippen LogP contribution is -2.09. The second kappa shape index (κ2) is 6.54. The molecule has 0 atom stereocenters. The summed E-state index contributed by atoms with van der Waals surface area (Å²) in [5.74, 6) is 0.0247. The Kier molecular flexibility index (Phi) is 4.75. The van der Waals surface area contributed by atoms with Crippen molar-refractivity contribution in [2.45, 2.75) is 20.3 Å². The van der Waals surface area contributed by atoms with Gasteiger partial charge in [0, 0.05) is 12.5 Å². The fourth-order valence-corrected chi connectivity index (χ4v) is 2.00. The third-order valence-corrected chi connectivity index (χ3v) is 3.08. The van der Waals surface area contributed by atoms with E-state index in [0.29, 0.717) is 18.9 Å². The van der Waals surface area contributed by atoms with Gasteiger partial charge in [-0.15, -0.1) is 0 Å². The van der Waals surface area contributed by atoms with E-state index in [9.17, 15) is 4.79 Å². The summed E-state index contributed by atoms with van der Waals surface area (Å²) < 4.78 is 5.69. The van der Waals surface area contributed by atoms with Crippen LogP contribution >= 0.6 is 11.6 Å². The van der Waals surface area contributed by atoms with Crippen LogP contribution in [0.25, 0.3) is 0 Å². The summed E-state index contributed by atoms with van der Waals surface area (Å²) in [6, 6.07) is 7.18. The third-order valence-electron chi connectivity index (χ3n) is 2.89. The number of carboxylic acids is 1. The first kappa shape index (κ1) is 15.3. The number of rotatable bonds is 5. The van der Waals surface area contributed by atoms with E-state index < -0.39 is 5.97 Å². The fourth-order valence-electron chi connectivity index (χ4n) is 1.80. The number of carboxylic acid groups (broad SMARTS) is 1. The zero-order valence-electron chi connectivity index (χ0n) is 11.8. The van der Waals surface area contributed by atoms with Gasteiger partial charge in [-0.25, -0.2) is 14.8 Å². The molecule has 5 nitrogen and oxygen atoms in total. The molecule has 6 heteroatoms. The predicted octanol–water partition coefficient (Wildman–Crippen LogP) is 3.07. The molecule has 0 saturated carbocycles. The molecule has 1 aromatic carbocycles. The van der Waals surface area contributed by atoms with Crippen molar-refractivity contribution < 1.29 is 14.6 Å². The normalized spacial score (nSPS) is 10.4. The molecular formula is C15H15ClN2O3. The largest absolute Gasteiger partial charge is 0.493 e. The molecule has 0 bridgehead atoms. The Morgan fingerprint density at radius 3 is 2.76 bits per heavy atom. The van der Waals surface area contributed by atoms with Crippen molar-refractivity contribution >= 4 is 17.6 Å². The third kappa shape index (κ3) is 4.16. The molecule has 2 aromatic rings. The molecule has 2 rings (SSSR count). The quantitative estimate of drug-likeness (QED) is 0.859. The minimum absolute atomic E-state index is 0.114. The SMILES string of the molecule is Cc1ccc(C)c(OCCc2nc(Cl)cc(C(=O)O)n2)c1. The minimum atomic E-state index is -1.13. The van der Waals surface area contributed by atoms with E-state index in [0.717, 1.165) is 16.9 Å². The van der Waals surface area contributed by atoms with Gasteiger partial charge >= 0.3 is 5.97 Å². The van der Waals surface area contributed by atoms with Crippen LogP contribution in [-0.4, -0.2) is 27.7 Å². The van der Waals surface area contributed by atoms with Crippen LogP contribution in [0.4, 0.5) is 0 Å². The first-order chi connectivity index (χ1) is 9.95. The van der Waals surface area contributed by atoms with Crippen LogP contribution in [0, 0.1) is 13.8 Å². The lowest BCUT2D eigenvalue weighted by molar-refractivity contribution is 0.0689. The molecule has 0 fully saturated rings. The van der Waals surface area contributed by atoms with E-state index in [4.69, 9.17) is 21.4 Å². The molecule has 0 aliphatic rings. The average Bonchev–Trinajstić information content (AvgIpc) is 2.42. The van der Waals surface area contributed by atoms with Gasteiger partial charge in [0.1, 0.15) is 16.7 Å². The van der Waals surface area contributed by atoms with Crippen LogP contribution in [-0.2, 0) is 6.42 Å². The highest BCUT2D eigenvalue weighted by Gasteiger charge is 2.10. The smallest absolute Gasteiger partial charge is 0.354 e. The van der Waals surface area contributed by atoms with Gasteiger partial charge in [-0.05, 0) is 31.0 Å². The summed E-state index contributed by atoms with van der Waals surface area (Å²) in [5, 5.41) is 9.04. The van der Waals surface area contributed by atoms with E-state index in [1.54, 1.807) is 0 Å². The average molecular weight is 307 g/mol. The number of aryl methyl sites for hydroxylation is 2. The van der Waals surface area contributed by atoms with Crippen molar-refractivity contribution in [3.05, 3.63) is 52.1 Å². The first-order valence-electron chi connectivity index (χ1n) is 6.42. The number of carbonyl (C=O) groups is 1. The Balaban J connectivity index is 2.03. The van der Waals surface area contributed by atoms with Crippen molar-refractivity contribution in [2.75, 3.05) is 6.61 Å². The van der Waals surface area contributed by atoms with Gasteiger partial charge in [0.2, 0.25) is 0 Å². The number of benzene rings is 1. The zero-order chi connectivity index (χ0) is 15.4.